The van der Waals surface area contributed by atoms with Crippen molar-refractivity contribution >= 4 is 11.6 Å². The van der Waals surface area contributed by atoms with Gasteiger partial charge in [0.15, 0.2) is 0 Å². The van der Waals surface area contributed by atoms with Crippen LogP contribution >= 0.6 is 11.6 Å². The lowest BCUT2D eigenvalue weighted by Gasteiger charge is -2.33. The highest BCUT2D eigenvalue weighted by molar-refractivity contribution is 6.30. The van der Waals surface area contributed by atoms with Gasteiger partial charge in [0.25, 0.3) is 0 Å². The molecule has 0 bridgehead atoms. The van der Waals surface area contributed by atoms with Gasteiger partial charge in [-0.15, -0.1) is 0 Å². The Labute approximate surface area is 124 Å². The lowest BCUT2D eigenvalue weighted by Crippen LogP contribution is -2.26. The predicted molar refractivity (Wildman–Crippen MR) is 80.4 cm³/mol. The Hall–Kier alpha value is -1.32. The number of aliphatic hydroxyl groups excluding tert-OH is 1. The number of fused-ring (bicyclic) bond motifs is 1. The smallest absolute Gasteiger partial charge is 0.137 e. The van der Waals surface area contributed by atoms with Crippen molar-refractivity contribution in [2.45, 2.75) is 39.7 Å². The van der Waals surface area contributed by atoms with Crippen LogP contribution in [-0.2, 0) is 6.42 Å². The molecule has 1 N–H and O–H groups in total. The summed E-state index contributed by atoms with van der Waals surface area (Å²) in [5, 5.41) is 11.0. The van der Waals surface area contributed by atoms with Crippen LogP contribution < -0.4 is 0 Å². The molecule has 3 nitrogen and oxygen atoms in total. The van der Waals surface area contributed by atoms with E-state index in [1.807, 2.05) is 19.1 Å². The standard InChI is InChI=1S/C16H19ClN2O/c1-10-6-12-13(7-16(2,3)8-14(12)20)19(10)15-5-4-11(17)9-18-15/h4-6,9,14,20H,7-8H2,1-3H3. The first-order valence-electron chi connectivity index (χ1n) is 6.88. The first-order chi connectivity index (χ1) is 9.37. The lowest BCUT2D eigenvalue weighted by atomic mass is 9.75. The molecular weight excluding hydrogens is 272 g/mol. The summed E-state index contributed by atoms with van der Waals surface area (Å²) in [7, 11) is 0. The van der Waals surface area contributed by atoms with Gasteiger partial charge in [0, 0.05) is 23.1 Å². The van der Waals surface area contributed by atoms with Crippen LogP contribution in [0.15, 0.2) is 24.4 Å². The van der Waals surface area contributed by atoms with Crippen LogP contribution in [0.4, 0.5) is 0 Å². The number of pyridine rings is 1. The Morgan fingerprint density at radius 3 is 2.80 bits per heavy atom. The van der Waals surface area contributed by atoms with Gasteiger partial charge < -0.3 is 9.67 Å². The summed E-state index contributed by atoms with van der Waals surface area (Å²) < 4.78 is 2.13. The molecule has 0 spiro atoms. The Morgan fingerprint density at radius 2 is 2.15 bits per heavy atom. The predicted octanol–water partition coefficient (Wildman–Crippen LogP) is 3.84. The zero-order valence-electron chi connectivity index (χ0n) is 12.0. The quantitative estimate of drug-likeness (QED) is 0.866. The van der Waals surface area contributed by atoms with E-state index < -0.39 is 0 Å². The molecule has 0 amide bonds. The molecule has 1 aliphatic rings. The maximum absolute atomic E-state index is 10.4. The van der Waals surface area contributed by atoms with Gasteiger partial charge in [-0.1, -0.05) is 25.4 Å². The molecule has 20 heavy (non-hydrogen) atoms. The summed E-state index contributed by atoms with van der Waals surface area (Å²) in [6, 6.07) is 5.84. The zero-order valence-corrected chi connectivity index (χ0v) is 12.8. The Balaban J connectivity index is 2.16. The minimum Gasteiger partial charge on any atom is -0.388 e. The third-order valence-corrected chi connectivity index (χ3v) is 4.24. The summed E-state index contributed by atoms with van der Waals surface area (Å²) >= 11 is 5.91. The Bertz CT molecular complexity index is 643. The van der Waals surface area contributed by atoms with Crippen LogP contribution in [0.25, 0.3) is 5.82 Å². The second kappa shape index (κ2) is 4.61. The SMILES string of the molecule is Cc1cc2c(n1-c1ccc(Cl)cn1)CC(C)(C)CC2O. The molecule has 0 saturated heterocycles. The van der Waals surface area contributed by atoms with Crippen LogP contribution in [0, 0.1) is 12.3 Å². The number of hydrogen-bond acceptors (Lipinski definition) is 2. The molecule has 1 unspecified atom stereocenters. The number of aliphatic hydroxyl groups is 1. The third kappa shape index (κ3) is 2.25. The average Bonchev–Trinajstić information content (AvgIpc) is 2.66. The highest BCUT2D eigenvalue weighted by Gasteiger charge is 2.34. The largest absolute Gasteiger partial charge is 0.388 e. The highest BCUT2D eigenvalue weighted by Crippen LogP contribution is 2.42. The fourth-order valence-corrected chi connectivity index (χ4v) is 3.27. The molecule has 0 aromatic carbocycles. The van der Waals surface area contributed by atoms with E-state index in [1.165, 1.54) is 5.69 Å². The average molecular weight is 291 g/mol. The molecule has 2 aromatic heterocycles. The number of aryl methyl sites for hydroxylation is 1. The number of halogens is 1. The van der Waals surface area contributed by atoms with Gasteiger partial charge in [0.05, 0.1) is 11.1 Å². The van der Waals surface area contributed by atoms with Crippen LogP contribution in [-0.4, -0.2) is 14.7 Å². The monoisotopic (exact) mass is 290 g/mol. The van der Waals surface area contributed by atoms with E-state index in [4.69, 9.17) is 11.6 Å². The molecule has 2 aromatic rings. The molecule has 0 saturated carbocycles. The van der Waals surface area contributed by atoms with E-state index in [1.54, 1.807) is 6.20 Å². The third-order valence-electron chi connectivity index (χ3n) is 4.01. The second-order valence-corrected chi connectivity index (χ2v) is 6.86. The van der Waals surface area contributed by atoms with Crippen molar-refractivity contribution in [3.63, 3.8) is 0 Å². The van der Waals surface area contributed by atoms with Crippen LogP contribution in [0.5, 0.6) is 0 Å². The Kier molecular flexibility index (Phi) is 3.14. The molecular formula is C16H19ClN2O. The first-order valence-corrected chi connectivity index (χ1v) is 7.26. The van der Waals surface area contributed by atoms with Gasteiger partial charge in [-0.3, -0.25) is 0 Å². The molecule has 1 aliphatic carbocycles. The van der Waals surface area contributed by atoms with Gasteiger partial charge >= 0.3 is 0 Å². The Morgan fingerprint density at radius 1 is 1.40 bits per heavy atom. The number of hydrogen-bond donors (Lipinski definition) is 1. The van der Waals surface area contributed by atoms with Crippen LogP contribution in [0.2, 0.25) is 5.02 Å². The summed E-state index contributed by atoms with van der Waals surface area (Å²) in [5.41, 5.74) is 3.41. The summed E-state index contributed by atoms with van der Waals surface area (Å²) in [6.45, 7) is 6.44. The molecule has 3 rings (SSSR count). The van der Waals surface area contributed by atoms with E-state index in [0.29, 0.717) is 5.02 Å². The minimum atomic E-state index is -0.388. The van der Waals surface area contributed by atoms with Crippen LogP contribution in [0.3, 0.4) is 0 Å². The van der Waals surface area contributed by atoms with Gasteiger partial charge in [-0.25, -0.2) is 4.98 Å². The van der Waals surface area contributed by atoms with Gasteiger partial charge in [0.1, 0.15) is 5.82 Å². The molecule has 0 aliphatic heterocycles. The maximum atomic E-state index is 10.4. The molecule has 0 radical (unpaired) electrons. The molecule has 4 heteroatoms. The maximum Gasteiger partial charge on any atom is 0.137 e. The summed E-state index contributed by atoms with van der Waals surface area (Å²) in [5.74, 6) is 0.859. The van der Waals surface area contributed by atoms with Crippen molar-refractivity contribution in [1.82, 2.24) is 9.55 Å². The summed E-state index contributed by atoms with van der Waals surface area (Å²) in [6.07, 6.45) is 3.02. The number of nitrogens with zero attached hydrogens (tertiary/aromatic N) is 2. The zero-order chi connectivity index (χ0) is 14.5. The van der Waals surface area contributed by atoms with E-state index in [9.17, 15) is 5.11 Å². The van der Waals surface area contributed by atoms with Gasteiger partial charge in [-0.2, -0.15) is 0 Å². The number of rotatable bonds is 1. The molecule has 106 valence electrons. The fraction of sp³-hybridized carbons (Fsp3) is 0.438. The fourth-order valence-electron chi connectivity index (χ4n) is 3.16. The molecule has 1 atom stereocenters. The van der Waals surface area contributed by atoms with Crippen molar-refractivity contribution in [3.05, 3.63) is 46.4 Å². The van der Waals surface area contributed by atoms with Gasteiger partial charge in [-0.05, 0) is 43.4 Å². The lowest BCUT2D eigenvalue weighted by molar-refractivity contribution is 0.0986. The molecule has 2 heterocycles. The molecule has 0 fully saturated rings. The van der Waals surface area contributed by atoms with Crippen molar-refractivity contribution < 1.29 is 5.11 Å². The number of aromatic nitrogens is 2. The van der Waals surface area contributed by atoms with E-state index in [0.717, 1.165) is 29.9 Å². The first kappa shape index (κ1) is 13.7. The van der Waals surface area contributed by atoms with Crippen molar-refractivity contribution in [3.8, 4) is 5.82 Å². The summed E-state index contributed by atoms with van der Waals surface area (Å²) in [4.78, 5) is 4.41. The van der Waals surface area contributed by atoms with E-state index in [2.05, 4.69) is 29.5 Å². The van der Waals surface area contributed by atoms with Crippen molar-refractivity contribution in [2.24, 2.45) is 5.41 Å². The normalized spacial score (nSPS) is 20.8. The van der Waals surface area contributed by atoms with Crippen molar-refractivity contribution in [2.75, 3.05) is 0 Å². The van der Waals surface area contributed by atoms with Gasteiger partial charge in [0.2, 0.25) is 0 Å². The van der Waals surface area contributed by atoms with E-state index >= 15 is 0 Å². The van der Waals surface area contributed by atoms with Crippen molar-refractivity contribution in [1.29, 1.82) is 0 Å². The minimum absolute atomic E-state index is 0.0986. The topological polar surface area (TPSA) is 38.0 Å². The van der Waals surface area contributed by atoms with E-state index in [-0.39, 0.29) is 11.5 Å². The second-order valence-electron chi connectivity index (χ2n) is 6.42. The highest BCUT2D eigenvalue weighted by atomic mass is 35.5. The van der Waals surface area contributed by atoms with Crippen LogP contribution in [0.1, 0.15) is 43.3 Å².